The van der Waals surface area contributed by atoms with Gasteiger partial charge in [-0.2, -0.15) is 0 Å². The van der Waals surface area contributed by atoms with Crippen LogP contribution < -0.4 is 9.80 Å². The minimum Gasteiger partial charge on any atom is -0.452 e. The van der Waals surface area contributed by atoms with Crippen LogP contribution in [0.5, 0.6) is 0 Å². The molecule has 1 N–H and O–H groups in total. The molecule has 4 rings (SSSR count). The molecule has 1 atom stereocenters. The molecule has 2 aliphatic rings. The van der Waals surface area contributed by atoms with Crippen molar-refractivity contribution < 1.29 is 24.2 Å². The molecule has 8 nitrogen and oxygen atoms in total. The first-order chi connectivity index (χ1) is 16.2. The fraction of sp³-hybridized carbons (Fsp3) is 0.385. The lowest BCUT2D eigenvalue weighted by Crippen LogP contribution is -2.52. The van der Waals surface area contributed by atoms with Gasteiger partial charge in [0, 0.05) is 18.8 Å². The lowest BCUT2D eigenvalue weighted by atomic mass is 9.99. The predicted octanol–water partition coefficient (Wildman–Crippen LogP) is 4.33. The van der Waals surface area contributed by atoms with Crippen LogP contribution in [0.4, 0.5) is 21.0 Å². The molecule has 1 fully saturated rings. The highest BCUT2D eigenvalue weighted by Gasteiger charge is 2.36. The summed E-state index contributed by atoms with van der Waals surface area (Å²) in [7, 11) is 1.35. The maximum absolute atomic E-state index is 12.9. The van der Waals surface area contributed by atoms with Gasteiger partial charge >= 0.3 is 12.2 Å². The quantitative estimate of drug-likeness (QED) is 0.724. The molecule has 180 valence electrons. The van der Waals surface area contributed by atoms with Crippen LogP contribution in [0.15, 0.2) is 49.0 Å². The van der Waals surface area contributed by atoms with E-state index in [1.54, 1.807) is 23.6 Å². The topological polar surface area (TPSA) is 82.5 Å². The van der Waals surface area contributed by atoms with Crippen LogP contribution in [-0.4, -0.2) is 67.2 Å². The molecule has 0 saturated carbocycles. The van der Waals surface area contributed by atoms with Gasteiger partial charge in [-0.25, -0.2) is 9.59 Å². The standard InChI is InChI=1S/C26H31N3O5/c1-16(2)34-25(31)28-13-17(3)29(26(32)33-5)23-11-10-21(12-24(23)28)20-8-6-19(7-9-20)18(4)27-14-22(30)15-27/h6-12,16-17,22,30H,4,13-15H2,1-3,5H3. The van der Waals surface area contributed by atoms with Crippen molar-refractivity contribution in [3.63, 3.8) is 0 Å². The third-order valence-corrected chi connectivity index (χ3v) is 6.14. The Labute approximate surface area is 200 Å². The number of carbonyl (C=O) groups excluding carboxylic acids is 2. The van der Waals surface area contributed by atoms with Gasteiger partial charge in [-0.15, -0.1) is 0 Å². The van der Waals surface area contributed by atoms with Crippen LogP contribution in [0.1, 0.15) is 26.3 Å². The Morgan fingerprint density at radius 2 is 1.65 bits per heavy atom. The fourth-order valence-corrected chi connectivity index (χ4v) is 4.33. The summed E-state index contributed by atoms with van der Waals surface area (Å²) in [5, 5.41) is 9.55. The largest absolute Gasteiger partial charge is 0.452 e. The number of β-amino-alcohol motifs (C(OH)–C–C–N with tert-alkyl or cyclic N) is 1. The normalized spacial score (nSPS) is 17.8. The first kappa shape index (κ1) is 23.6. The fourth-order valence-electron chi connectivity index (χ4n) is 4.33. The summed E-state index contributed by atoms with van der Waals surface area (Å²) in [6, 6.07) is 13.4. The van der Waals surface area contributed by atoms with Crippen LogP contribution in [-0.2, 0) is 9.47 Å². The van der Waals surface area contributed by atoms with E-state index in [0.717, 1.165) is 22.4 Å². The SMILES string of the molecule is C=C(c1ccc(-c2ccc3c(c2)N(C(=O)OC(C)C)CC(C)N3C(=O)OC)cc1)N1CC(O)C1. The average molecular weight is 466 g/mol. The maximum Gasteiger partial charge on any atom is 0.414 e. The number of hydrogen-bond donors (Lipinski definition) is 1. The van der Waals surface area contributed by atoms with Crippen LogP contribution in [0.3, 0.4) is 0 Å². The first-order valence-corrected chi connectivity index (χ1v) is 11.4. The smallest absolute Gasteiger partial charge is 0.414 e. The number of nitrogens with zero attached hydrogens (tertiary/aromatic N) is 3. The summed E-state index contributed by atoms with van der Waals surface area (Å²) in [4.78, 5) is 30.6. The number of rotatable bonds is 4. The molecular formula is C26H31N3O5. The molecule has 34 heavy (non-hydrogen) atoms. The monoisotopic (exact) mass is 465 g/mol. The van der Waals surface area contributed by atoms with E-state index in [1.165, 1.54) is 7.11 Å². The van der Waals surface area contributed by atoms with E-state index >= 15 is 0 Å². The van der Waals surface area contributed by atoms with Gasteiger partial charge in [0.15, 0.2) is 0 Å². The maximum atomic E-state index is 12.9. The molecule has 0 radical (unpaired) electrons. The second-order valence-electron chi connectivity index (χ2n) is 9.02. The summed E-state index contributed by atoms with van der Waals surface area (Å²) < 4.78 is 10.5. The molecule has 2 aliphatic heterocycles. The predicted molar refractivity (Wildman–Crippen MR) is 132 cm³/mol. The number of amides is 2. The van der Waals surface area contributed by atoms with Gasteiger partial charge in [0.05, 0.1) is 43.3 Å². The molecule has 0 spiro atoms. The number of ether oxygens (including phenoxy) is 2. The Kier molecular flexibility index (Phi) is 6.52. The highest BCUT2D eigenvalue weighted by Crippen LogP contribution is 2.39. The van der Waals surface area contributed by atoms with Crippen molar-refractivity contribution in [2.24, 2.45) is 0 Å². The summed E-state index contributed by atoms with van der Waals surface area (Å²) in [5.41, 5.74) is 4.92. The van der Waals surface area contributed by atoms with Gasteiger partial charge < -0.3 is 19.5 Å². The van der Waals surface area contributed by atoms with E-state index in [0.29, 0.717) is 24.5 Å². The minimum atomic E-state index is -0.475. The second kappa shape index (κ2) is 9.38. The van der Waals surface area contributed by atoms with Gasteiger partial charge in [-0.3, -0.25) is 9.80 Å². The second-order valence-corrected chi connectivity index (χ2v) is 9.02. The average Bonchev–Trinajstić information content (AvgIpc) is 2.80. The summed E-state index contributed by atoms with van der Waals surface area (Å²) >= 11 is 0. The van der Waals surface area contributed by atoms with Gasteiger partial charge in [0.2, 0.25) is 0 Å². The zero-order valence-corrected chi connectivity index (χ0v) is 20.0. The number of carbonyl (C=O) groups is 2. The van der Waals surface area contributed by atoms with Gasteiger partial charge in [-0.05, 0) is 49.6 Å². The van der Waals surface area contributed by atoms with E-state index in [-0.39, 0.29) is 24.8 Å². The number of anilines is 2. The van der Waals surface area contributed by atoms with Gasteiger partial charge in [0.1, 0.15) is 0 Å². The Hall–Kier alpha value is -3.52. The number of methoxy groups -OCH3 is 1. The Morgan fingerprint density at radius 3 is 2.24 bits per heavy atom. The van der Waals surface area contributed by atoms with Crippen LogP contribution in [0, 0.1) is 0 Å². The molecule has 2 aromatic carbocycles. The van der Waals surface area contributed by atoms with E-state index in [4.69, 9.17) is 9.47 Å². The van der Waals surface area contributed by atoms with E-state index in [1.807, 2.05) is 54.3 Å². The Bertz CT molecular complexity index is 1090. The minimum absolute atomic E-state index is 0.263. The molecule has 2 heterocycles. The number of aliphatic hydroxyl groups is 1. The summed E-state index contributed by atoms with van der Waals surface area (Å²) in [6.07, 6.45) is -1.48. The molecule has 2 amide bonds. The highest BCUT2D eigenvalue weighted by atomic mass is 16.6. The number of likely N-dealkylation sites (tertiary alicyclic amines) is 1. The third kappa shape index (κ3) is 4.46. The van der Waals surface area contributed by atoms with E-state index in [2.05, 4.69) is 6.58 Å². The number of aliphatic hydroxyl groups excluding tert-OH is 1. The van der Waals surface area contributed by atoms with Crippen LogP contribution in [0.2, 0.25) is 0 Å². The van der Waals surface area contributed by atoms with Crippen molar-refractivity contribution in [2.75, 3.05) is 36.5 Å². The molecule has 1 unspecified atom stereocenters. The van der Waals surface area contributed by atoms with Crippen molar-refractivity contribution in [2.45, 2.75) is 39.0 Å². The lowest BCUT2D eigenvalue weighted by molar-refractivity contribution is 0.0404. The van der Waals surface area contributed by atoms with Crippen LogP contribution >= 0.6 is 0 Å². The number of hydrogen-bond acceptors (Lipinski definition) is 6. The van der Waals surface area contributed by atoms with Crippen molar-refractivity contribution in [3.05, 3.63) is 54.6 Å². The van der Waals surface area contributed by atoms with Crippen LogP contribution in [0.25, 0.3) is 16.8 Å². The lowest BCUT2D eigenvalue weighted by Gasteiger charge is -2.40. The Balaban J connectivity index is 1.67. The summed E-state index contributed by atoms with van der Waals surface area (Å²) in [6.45, 7) is 11.1. The van der Waals surface area contributed by atoms with Crippen molar-refractivity contribution in [1.82, 2.24) is 4.90 Å². The number of fused-ring (bicyclic) bond motifs is 1. The van der Waals surface area contributed by atoms with Crippen molar-refractivity contribution >= 4 is 29.3 Å². The molecule has 1 saturated heterocycles. The molecule has 8 heteroatoms. The zero-order chi connectivity index (χ0) is 24.6. The first-order valence-electron chi connectivity index (χ1n) is 11.4. The number of benzene rings is 2. The van der Waals surface area contributed by atoms with Gasteiger partial charge in [0.25, 0.3) is 0 Å². The van der Waals surface area contributed by atoms with Crippen molar-refractivity contribution in [3.8, 4) is 11.1 Å². The van der Waals surface area contributed by atoms with Crippen molar-refractivity contribution in [1.29, 1.82) is 0 Å². The molecule has 0 aliphatic carbocycles. The highest BCUT2D eigenvalue weighted by molar-refractivity contribution is 6.01. The van der Waals surface area contributed by atoms with Gasteiger partial charge in [-0.1, -0.05) is 36.9 Å². The van der Waals surface area contributed by atoms with E-state index in [9.17, 15) is 14.7 Å². The molecular weight excluding hydrogens is 434 g/mol. The zero-order valence-electron chi connectivity index (χ0n) is 20.0. The molecule has 0 bridgehead atoms. The van der Waals surface area contributed by atoms with E-state index < -0.39 is 12.2 Å². The molecule has 2 aromatic rings. The third-order valence-electron chi connectivity index (χ3n) is 6.14. The molecule has 0 aromatic heterocycles. The Morgan fingerprint density at radius 1 is 1.00 bits per heavy atom. The summed E-state index contributed by atoms with van der Waals surface area (Å²) in [5.74, 6) is 0.